The van der Waals surface area contributed by atoms with E-state index < -0.39 is 0 Å². The first kappa shape index (κ1) is 14.3. The summed E-state index contributed by atoms with van der Waals surface area (Å²) in [5, 5.41) is 2.06. The third kappa shape index (κ3) is 3.91. The minimum absolute atomic E-state index is 0.0703. The molecule has 0 spiro atoms. The number of aryl methyl sites for hydroxylation is 1. The van der Waals surface area contributed by atoms with Crippen molar-refractivity contribution in [2.75, 3.05) is 13.6 Å². The van der Waals surface area contributed by atoms with Crippen molar-refractivity contribution in [1.82, 2.24) is 4.90 Å². The first-order chi connectivity index (χ1) is 9.06. The molecule has 1 amide bonds. The van der Waals surface area contributed by atoms with E-state index in [2.05, 4.69) is 27.4 Å². The smallest absolute Gasteiger partial charge is 0.253 e. The Morgan fingerprint density at radius 3 is 2.79 bits per heavy atom. The highest BCUT2D eigenvalue weighted by Crippen LogP contribution is 2.17. The number of carbonyl (C=O) groups excluding carboxylic acids is 1. The van der Waals surface area contributed by atoms with Gasteiger partial charge in [0.25, 0.3) is 5.91 Å². The van der Waals surface area contributed by atoms with Gasteiger partial charge in [-0.05, 0) is 48.6 Å². The van der Waals surface area contributed by atoms with Gasteiger partial charge in [0, 0.05) is 28.5 Å². The molecule has 0 saturated carbocycles. The van der Waals surface area contributed by atoms with E-state index in [1.807, 2.05) is 38.2 Å². The van der Waals surface area contributed by atoms with E-state index in [9.17, 15) is 4.79 Å². The quantitative estimate of drug-likeness (QED) is 0.821. The Labute approximate surface area is 126 Å². The number of hydrogen-bond acceptors (Lipinski definition) is 2. The predicted molar refractivity (Wildman–Crippen MR) is 83.9 cm³/mol. The van der Waals surface area contributed by atoms with E-state index in [0.29, 0.717) is 0 Å². The normalized spacial score (nSPS) is 10.5. The third-order valence-electron chi connectivity index (χ3n) is 2.91. The maximum Gasteiger partial charge on any atom is 0.253 e. The molecule has 0 N–H and O–H groups in total. The lowest BCUT2D eigenvalue weighted by molar-refractivity contribution is 0.0796. The van der Waals surface area contributed by atoms with Crippen LogP contribution in [0.25, 0.3) is 0 Å². The van der Waals surface area contributed by atoms with E-state index in [-0.39, 0.29) is 5.91 Å². The fourth-order valence-corrected chi connectivity index (χ4v) is 3.22. The number of carbonyl (C=O) groups is 1. The summed E-state index contributed by atoms with van der Waals surface area (Å²) in [7, 11) is 1.85. The predicted octanol–water partition coefficient (Wildman–Crippen LogP) is 4.13. The summed E-state index contributed by atoms with van der Waals surface area (Å²) in [5.41, 5.74) is 1.82. The number of rotatable bonds is 4. The second-order valence-corrected chi connectivity index (χ2v) is 6.52. The van der Waals surface area contributed by atoms with Gasteiger partial charge >= 0.3 is 0 Å². The lowest BCUT2D eigenvalue weighted by atomic mass is 10.1. The maximum atomic E-state index is 12.3. The number of hydrogen-bond donors (Lipinski definition) is 0. The fourth-order valence-electron chi connectivity index (χ4n) is 1.91. The van der Waals surface area contributed by atoms with Crippen LogP contribution in [0.1, 0.15) is 20.8 Å². The molecule has 4 heteroatoms. The van der Waals surface area contributed by atoms with Crippen molar-refractivity contribution in [3.63, 3.8) is 0 Å². The molecule has 0 aliphatic rings. The van der Waals surface area contributed by atoms with Gasteiger partial charge in [-0.3, -0.25) is 4.79 Å². The van der Waals surface area contributed by atoms with Crippen molar-refractivity contribution in [2.45, 2.75) is 13.3 Å². The lowest BCUT2D eigenvalue weighted by Crippen LogP contribution is -2.28. The number of likely N-dealkylation sites (N-methyl/N-ethyl adjacent to an activating group) is 1. The fraction of sp³-hybridized carbons (Fsp3) is 0.267. The second kappa shape index (κ2) is 6.35. The molecule has 2 nitrogen and oxygen atoms in total. The monoisotopic (exact) mass is 337 g/mol. The summed E-state index contributed by atoms with van der Waals surface area (Å²) in [6.07, 6.45) is 0.910. The van der Waals surface area contributed by atoms with Gasteiger partial charge in [0.1, 0.15) is 0 Å². The Morgan fingerprint density at radius 1 is 1.37 bits per heavy atom. The summed E-state index contributed by atoms with van der Waals surface area (Å²) >= 11 is 5.16. The van der Waals surface area contributed by atoms with Crippen molar-refractivity contribution < 1.29 is 4.79 Å². The van der Waals surface area contributed by atoms with E-state index in [4.69, 9.17) is 0 Å². The highest BCUT2D eigenvalue weighted by molar-refractivity contribution is 9.10. The van der Waals surface area contributed by atoms with Crippen LogP contribution in [-0.4, -0.2) is 24.4 Å². The molecule has 0 atom stereocenters. The topological polar surface area (TPSA) is 20.3 Å². The summed E-state index contributed by atoms with van der Waals surface area (Å²) in [4.78, 5) is 15.4. The van der Waals surface area contributed by atoms with Gasteiger partial charge in [0.05, 0.1) is 0 Å². The van der Waals surface area contributed by atoms with Crippen LogP contribution < -0.4 is 0 Å². The van der Waals surface area contributed by atoms with Crippen molar-refractivity contribution in [1.29, 1.82) is 0 Å². The molecule has 0 saturated heterocycles. The molecule has 0 aliphatic heterocycles. The summed E-state index contributed by atoms with van der Waals surface area (Å²) in [5.74, 6) is 0.0703. The number of thiophene rings is 1. The van der Waals surface area contributed by atoms with Crippen LogP contribution in [0.15, 0.2) is 40.2 Å². The molecule has 2 rings (SSSR count). The standard InChI is InChI=1S/C15H16BrNOS/c1-11-8-12(10-13(16)9-11)15(18)17(2)6-5-14-4-3-7-19-14/h3-4,7-10H,5-6H2,1-2H3. The van der Waals surface area contributed by atoms with Gasteiger partial charge < -0.3 is 4.90 Å². The Bertz CT molecular complexity index is 545. The van der Waals surface area contributed by atoms with Gasteiger partial charge in [-0.2, -0.15) is 0 Å². The lowest BCUT2D eigenvalue weighted by Gasteiger charge is -2.17. The van der Waals surface area contributed by atoms with Crippen LogP contribution in [0.5, 0.6) is 0 Å². The Balaban J connectivity index is 2.02. The SMILES string of the molecule is Cc1cc(Br)cc(C(=O)N(C)CCc2cccs2)c1. The largest absolute Gasteiger partial charge is 0.341 e. The van der Waals surface area contributed by atoms with Gasteiger partial charge in [0.2, 0.25) is 0 Å². The van der Waals surface area contributed by atoms with E-state index >= 15 is 0 Å². The minimum atomic E-state index is 0.0703. The van der Waals surface area contributed by atoms with Crippen LogP contribution in [-0.2, 0) is 6.42 Å². The van der Waals surface area contributed by atoms with Crippen LogP contribution in [0.4, 0.5) is 0 Å². The highest BCUT2D eigenvalue weighted by atomic mass is 79.9. The van der Waals surface area contributed by atoms with Gasteiger partial charge in [-0.25, -0.2) is 0 Å². The molecule has 0 fully saturated rings. The number of amides is 1. The molecule has 19 heavy (non-hydrogen) atoms. The number of benzene rings is 1. The van der Waals surface area contributed by atoms with Crippen LogP contribution in [0, 0.1) is 6.92 Å². The average Bonchev–Trinajstić information content (AvgIpc) is 2.87. The molecule has 1 heterocycles. The molecule has 1 aromatic heterocycles. The highest BCUT2D eigenvalue weighted by Gasteiger charge is 2.12. The molecule has 0 unspecified atom stereocenters. The third-order valence-corrected chi connectivity index (χ3v) is 4.30. The molecule has 1 aromatic carbocycles. The van der Waals surface area contributed by atoms with Gasteiger partial charge in [0.15, 0.2) is 0 Å². The zero-order valence-corrected chi connectivity index (χ0v) is 13.4. The molecule has 0 aliphatic carbocycles. The molecular weight excluding hydrogens is 322 g/mol. The van der Waals surface area contributed by atoms with E-state index in [0.717, 1.165) is 28.6 Å². The first-order valence-corrected chi connectivity index (χ1v) is 7.78. The molecule has 0 bridgehead atoms. The summed E-state index contributed by atoms with van der Waals surface area (Å²) in [6.45, 7) is 2.73. The zero-order chi connectivity index (χ0) is 13.8. The van der Waals surface area contributed by atoms with Crippen LogP contribution >= 0.6 is 27.3 Å². The number of halogens is 1. The van der Waals surface area contributed by atoms with Crippen molar-refractivity contribution in [2.24, 2.45) is 0 Å². The second-order valence-electron chi connectivity index (χ2n) is 4.57. The molecular formula is C15H16BrNOS. The first-order valence-electron chi connectivity index (χ1n) is 6.11. The van der Waals surface area contributed by atoms with Crippen molar-refractivity contribution >= 4 is 33.2 Å². The maximum absolute atomic E-state index is 12.3. The van der Waals surface area contributed by atoms with E-state index in [1.165, 1.54) is 4.88 Å². The van der Waals surface area contributed by atoms with E-state index in [1.54, 1.807) is 16.2 Å². The summed E-state index contributed by atoms with van der Waals surface area (Å²) in [6, 6.07) is 9.94. The van der Waals surface area contributed by atoms with Gasteiger partial charge in [-0.1, -0.05) is 22.0 Å². The minimum Gasteiger partial charge on any atom is -0.341 e. The van der Waals surface area contributed by atoms with Crippen molar-refractivity contribution in [3.05, 3.63) is 56.2 Å². The Hall–Kier alpha value is -1.13. The van der Waals surface area contributed by atoms with Crippen molar-refractivity contribution in [3.8, 4) is 0 Å². The summed E-state index contributed by atoms with van der Waals surface area (Å²) < 4.78 is 0.947. The molecule has 0 radical (unpaired) electrons. The van der Waals surface area contributed by atoms with Crippen LogP contribution in [0.3, 0.4) is 0 Å². The van der Waals surface area contributed by atoms with Gasteiger partial charge in [-0.15, -0.1) is 11.3 Å². The van der Waals surface area contributed by atoms with Crippen LogP contribution in [0.2, 0.25) is 0 Å². The zero-order valence-electron chi connectivity index (χ0n) is 11.0. The Kier molecular flexibility index (Phi) is 4.77. The molecule has 100 valence electrons. The Morgan fingerprint density at radius 2 is 2.16 bits per heavy atom. The number of nitrogens with zero attached hydrogens (tertiary/aromatic N) is 1. The average molecular weight is 338 g/mol. The molecule has 2 aromatic rings.